The summed E-state index contributed by atoms with van der Waals surface area (Å²) in [4.78, 5) is 12.5. The minimum Gasteiger partial charge on any atom is -0.482 e. The van der Waals surface area contributed by atoms with Crippen LogP contribution < -0.4 is 9.47 Å². The Balaban J connectivity index is 2.16. The van der Waals surface area contributed by atoms with E-state index in [-0.39, 0.29) is 0 Å². The minimum absolute atomic E-state index is 0.394. The Labute approximate surface area is 113 Å². The molecule has 0 N–H and O–H groups in total. The van der Waals surface area contributed by atoms with Crippen LogP contribution in [0.1, 0.15) is 0 Å². The third-order valence-corrected chi connectivity index (χ3v) is 2.79. The van der Waals surface area contributed by atoms with Crippen LogP contribution in [-0.2, 0) is 0 Å². The molecule has 20 heavy (non-hydrogen) atoms. The molecule has 102 valence electrons. The van der Waals surface area contributed by atoms with Gasteiger partial charge in [-0.15, -0.1) is 0 Å². The molecule has 6 nitrogen and oxygen atoms in total. The predicted octanol–water partition coefficient (Wildman–Crippen LogP) is 1.95. The summed E-state index contributed by atoms with van der Waals surface area (Å²) in [5.41, 5.74) is 1.13. The fraction of sp³-hybridized carbons (Fsp3) is 0.154. The lowest BCUT2D eigenvalue weighted by Gasteiger charge is -2.04. The van der Waals surface area contributed by atoms with E-state index in [2.05, 4.69) is 15.0 Å². The van der Waals surface area contributed by atoms with Gasteiger partial charge in [-0.3, -0.25) is 9.38 Å². The van der Waals surface area contributed by atoms with Crippen molar-refractivity contribution >= 4 is 5.78 Å². The number of fused-ring (bicyclic) bond motifs is 1. The smallest absolute Gasteiger partial charge is 0.240 e. The molecule has 0 spiro atoms. The number of methoxy groups -OCH3 is 2. The molecule has 0 saturated heterocycles. The highest BCUT2D eigenvalue weighted by atomic mass is 19.1. The van der Waals surface area contributed by atoms with Crippen molar-refractivity contribution in [1.29, 1.82) is 0 Å². The molecule has 0 bridgehead atoms. The Hall–Kier alpha value is -2.70. The first kappa shape index (κ1) is 12.3. The Bertz CT molecular complexity index is 755. The molecule has 3 aromatic heterocycles. The first-order valence-electron chi connectivity index (χ1n) is 5.81. The third kappa shape index (κ3) is 2.03. The average molecular weight is 274 g/mol. The Morgan fingerprint density at radius 3 is 2.60 bits per heavy atom. The minimum atomic E-state index is -0.394. The molecule has 3 heterocycles. The molecule has 0 aliphatic rings. The van der Waals surface area contributed by atoms with Crippen molar-refractivity contribution in [3.8, 4) is 23.1 Å². The van der Waals surface area contributed by atoms with Crippen LogP contribution in [0, 0.1) is 5.82 Å². The van der Waals surface area contributed by atoms with Crippen LogP contribution in [-0.4, -0.2) is 33.6 Å². The standard InChI is InChI=1S/C13H11FN4O2/c1-19-11-5-12(20-2)18-7-10(16-13(18)17-11)9-4-3-8(14)6-15-9/h3-7H,1-2H3. The topological polar surface area (TPSA) is 61.5 Å². The summed E-state index contributed by atoms with van der Waals surface area (Å²) in [6.07, 6.45) is 2.87. The average Bonchev–Trinajstić information content (AvgIpc) is 2.90. The molecule has 3 aromatic rings. The van der Waals surface area contributed by atoms with E-state index in [0.717, 1.165) is 6.20 Å². The molecule has 0 saturated carbocycles. The van der Waals surface area contributed by atoms with Gasteiger partial charge in [0, 0.05) is 6.20 Å². The number of hydrogen-bond acceptors (Lipinski definition) is 5. The zero-order valence-electron chi connectivity index (χ0n) is 10.9. The van der Waals surface area contributed by atoms with Crippen LogP contribution in [0.3, 0.4) is 0 Å². The second kappa shape index (κ2) is 4.76. The summed E-state index contributed by atoms with van der Waals surface area (Å²) in [6, 6.07) is 4.54. The van der Waals surface area contributed by atoms with E-state index in [1.807, 2.05) is 0 Å². The highest BCUT2D eigenvalue weighted by Gasteiger charge is 2.12. The number of aromatic nitrogens is 4. The summed E-state index contributed by atoms with van der Waals surface area (Å²) in [5, 5.41) is 0. The SMILES string of the molecule is COc1cc(OC)n2cc(-c3ccc(F)cn3)nc2n1. The maximum atomic E-state index is 12.9. The molecule has 0 unspecified atom stereocenters. The van der Waals surface area contributed by atoms with Gasteiger partial charge in [-0.25, -0.2) is 9.37 Å². The van der Waals surface area contributed by atoms with Crippen LogP contribution in [0.15, 0.2) is 30.6 Å². The molecule has 0 radical (unpaired) electrons. The van der Waals surface area contributed by atoms with Crippen molar-refractivity contribution in [3.05, 3.63) is 36.4 Å². The highest BCUT2D eigenvalue weighted by molar-refractivity contribution is 5.58. The van der Waals surface area contributed by atoms with Gasteiger partial charge in [-0.05, 0) is 12.1 Å². The van der Waals surface area contributed by atoms with Gasteiger partial charge >= 0.3 is 0 Å². The van der Waals surface area contributed by atoms with Gasteiger partial charge in [0.05, 0.1) is 32.2 Å². The van der Waals surface area contributed by atoms with Crippen LogP contribution in [0.2, 0.25) is 0 Å². The summed E-state index contributed by atoms with van der Waals surface area (Å²) < 4.78 is 24.9. The first-order valence-corrected chi connectivity index (χ1v) is 5.81. The van der Waals surface area contributed by atoms with Gasteiger partial charge in [0.25, 0.3) is 0 Å². The molecule has 0 fully saturated rings. The highest BCUT2D eigenvalue weighted by Crippen LogP contribution is 2.23. The van der Waals surface area contributed by atoms with Crippen molar-refractivity contribution in [3.63, 3.8) is 0 Å². The second-order valence-electron chi connectivity index (χ2n) is 4.00. The van der Waals surface area contributed by atoms with E-state index in [4.69, 9.17) is 9.47 Å². The lowest BCUT2D eigenvalue weighted by Crippen LogP contribution is -1.97. The quantitative estimate of drug-likeness (QED) is 0.730. The van der Waals surface area contributed by atoms with Gasteiger partial charge in [-0.2, -0.15) is 4.98 Å². The molecule has 0 aliphatic heterocycles. The van der Waals surface area contributed by atoms with E-state index in [9.17, 15) is 4.39 Å². The number of rotatable bonds is 3. The van der Waals surface area contributed by atoms with Crippen LogP contribution in [0.5, 0.6) is 11.8 Å². The maximum absolute atomic E-state index is 12.9. The van der Waals surface area contributed by atoms with Crippen molar-refractivity contribution < 1.29 is 13.9 Å². The fourth-order valence-electron chi connectivity index (χ4n) is 1.83. The lowest BCUT2D eigenvalue weighted by molar-refractivity contribution is 0.369. The first-order chi connectivity index (χ1) is 9.71. The maximum Gasteiger partial charge on any atom is 0.240 e. The second-order valence-corrected chi connectivity index (χ2v) is 4.00. The summed E-state index contributed by atoms with van der Waals surface area (Å²) in [7, 11) is 3.06. The predicted molar refractivity (Wildman–Crippen MR) is 69.3 cm³/mol. The number of ether oxygens (including phenoxy) is 2. The Morgan fingerprint density at radius 2 is 1.95 bits per heavy atom. The van der Waals surface area contributed by atoms with Gasteiger partial charge in [0.1, 0.15) is 11.5 Å². The molecular weight excluding hydrogens is 263 g/mol. The zero-order valence-corrected chi connectivity index (χ0v) is 10.9. The summed E-state index contributed by atoms with van der Waals surface area (Å²) in [5.74, 6) is 0.962. The third-order valence-electron chi connectivity index (χ3n) is 2.79. The normalized spacial score (nSPS) is 10.8. The van der Waals surface area contributed by atoms with E-state index in [1.165, 1.54) is 13.2 Å². The van der Waals surface area contributed by atoms with Crippen molar-refractivity contribution in [2.24, 2.45) is 0 Å². The fourth-order valence-corrected chi connectivity index (χ4v) is 1.83. The monoisotopic (exact) mass is 274 g/mol. The van der Waals surface area contributed by atoms with E-state index in [0.29, 0.717) is 28.9 Å². The van der Waals surface area contributed by atoms with Gasteiger partial charge < -0.3 is 9.47 Å². The Morgan fingerprint density at radius 1 is 1.10 bits per heavy atom. The summed E-state index contributed by atoms with van der Waals surface area (Å²) >= 11 is 0. The zero-order chi connectivity index (χ0) is 14.1. The number of nitrogens with zero attached hydrogens (tertiary/aromatic N) is 4. The van der Waals surface area contributed by atoms with Gasteiger partial charge in [0.2, 0.25) is 17.5 Å². The van der Waals surface area contributed by atoms with Crippen molar-refractivity contribution in [2.75, 3.05) is 14.2 Å². The molecule has 7 heteroatoms. The molecule has 3 rings (SSSR count). The molecular formula is C13H11FN4O2. The molecule has 0 amide bonds. The largest absolute Gasteiger partial charge is 0.482 e. The molecule has 0 aromatic carbocycles. The number of imidazole rings is 1. The Kier molecular flexibility index (Phi) is 2.94. The molecule has 0 aliphatic carbocycles. The van der Waals surface area contributed by atoms with Crippen molar-refractivity contribution in [2.45, 2.75) is 0 Å². The number of halogens is 1. The van der Waals surface area contributed by atoms with Crippen LogP contribution in [0.25, 0.3) is 17.2 Å². The van der Waals surface area contributed by atoms with Gasteiger partial charge in [-0.1, -0.05) is 0 Å². The lowest BCUT2D eigenvalue weighted by atomic mass is 10.3. The van der Waals surface area contributed by atoms with Crippen LogP contribution in [0.4, 0.5) is 4.39 Å². The van der Waals surface area contributed by atoms with E-state index < -0.39 is 5.82 Å². The number of hydrogen-bond donors (Lipinski definition) is 0. The number of pyridine rings is 1. The van der Waals surface area contributed by atoms with Gasteiger partial charge in [0.15, 0.2) is 0 Å². The van der Waals surface area contributed by atoms with E-state index >= 15 is 0 Å². The van der Waals surface area contributed by atoms with Crippen LogP contribution >= 0.6 is 0 Å². The van der Waals surface area contributed by atoms with E-state index in [1.54, 1.807) is 29.8 Å². The summed E-state index contributed by atoms with van der Waals surface area (Å²) in [6.45, 7) is 0. The van der Waals surface area contributed by atoms with Crippen molar-refractivity contribution in [1.82, 2.24) is 19.4 Å². The molecule has 0 atom stereocenters.